The summed E-state index contributed by atoms with van der Waals surface area (Å²) in [4.78, 5) is 11.8. The van der Waals surface area contributed by atoms with Gasteiger partial charge in [-0.25, -0.2) is 9.48 Å². The van der Waals surface area contributed by atoms with E-state index in [1.165, 1.54) is 20.8 Å². The molecule has 1 N–H and O–H groups in total. The number of benzene rings is 1. The van der Waals surface area contributed by atoms with E-state index in [-0.39, 0.29) is 4.68 Å². The van der Waals surface area contributed by atoms with Crippen molar-refractivity contribution in [1.29, 1.82) is 0 Å². The highest BCUT2D eigenvalue weighted by Gasteiger charge is 2.42. The quantitative estimate of drug-likeness (QED) is 0.706. The van der Waals surface area contributed by atoms with E-state index < -0.39 is 46.7 Å². The van der Waals surface area contributed by atoms with Gasteiger partial charge in [-0.2, -0.15) is 31.4 Å². The summed E-state index contributed by atoms with van der Waals surface area (Å²) in [5, 5.41) is 5.28. The second kappa shape index (κ2) is 6.78. The van der Waals surface area contributed by atoms with Crippen LogP contribution in [0.4, 0.5) is 36.8 Å². The maximum absolute atomic E-state index is 13.5. The number of ether oxygens (including phenoxy) is 1. The van der Waals surface area contributed by atoms with Crippen molar-refractivity contribution in [3.63, 3.8) is 0 Å². The molecule has 5 nitrogen and oxygen atoms in total. The van der Waals surface area contributed by atoms with E-state index in [9.17, 15) is 31.1 Å². The molecule has 2 aromatic rings. The highest BCUT2D eigenvalue weighted by atomic mass is 19.4. The lowest BCUT2D eigenvalue weighted by molar-refractivity contribution is -0.144. The van der Waals surface area contributed by atoms with Gasteiger partial charge in [-0.05, 0) is 32.9 Å². The number of hydrogen-bond donors (Lipinski definition) is 1. The van der Waals surface area contributed by atoms with Gasteiger partial charge in [0.1, 0.15) is 5.60 Å². The number of halogens is 6. The molecule has 0 saturated carbocycles. The summed E-state index contributed by atoms with van der Waals surface area (Å²) >= 11 is 0. The van der Waals surface area contributed by atoms with Crippen LogP contribution < -0.4 is 5.32 Å². The summed E-state index contributed by atoms with van der Waals surface area (Å²) in [6.07, 6.45) is -10.6. The van der Waals surface area contributed by atoms with E-state index in [0.717, 1.165) is 18.2 Å². The number of nitrogens with one attached hydrogen (secondary N) is 1. The van der Waals surface area contributed by atoms with Crippen LogP contribution in [0.5, 0.6) is 0 Å². The molecule has 0 saturated heterocycles. The Balaban J connectivity index is 2.56. The van der Waals surface area contributed by atoms with E-state index >= 15 is 0 Å². The molecular formula is C16H15F6N3O2. The number of carbonyl (C=O) groups is 1. The molecule has 148 valence electrons. The third-order valence-corrected chi connectivity index (χ3v) is 3.11. The number of aromatic nitrogens is 2. The zero-order chi connectivity index (χ0) is 20.6. The van der Waals surface area contributed by atoms with Crippen molar-refractivity contribution in [3.05, 3.63) is 41.7 Å². The Morgan fingerprint density at radius 2 is 1.63 bits per heavy atom. The maximum atomic E-state index is 13.5. The molecule has 0 radical (unpaired) electrons. The predicted octanol–water partition coefficient (Wildman–Crippen LogP) is 5.26. The molecule has 0 aliphatic heterocycles. The van der Waals surface area contributed by atoms with Gasteiger partial charge in [-0.1, -0.05) is 12.1 Å². The lowest BCUT2D eigenvalue weighted by Gasteiger charge is -2.20. The van der Waals surface area contributed by atoms with Crippen LogP contribution in [0, 0.1) is 0 Å². The second-order valence-corrected chi connectivity index (χ2v) is 6.46. The van der Waals surface area contributed by atoms with E-state index in [1.807, 2.05) is 5.32 Å². The molecule has 1 aromatic heterocycles. The van der Waals surface area contributed by atoms with E-state index in [2.05, 4.69) is 5.10 Å². The zero-order valence-electron chi connectivity index (χ0n) is 14.4. The van der Waals surface area contributed by atoms with E-state index in [0.29, 0.717) is 12.3 Å². The fourth-order valence-electron chi connectivity index (χ4n) is 2.21. The van der Waals surface area contributed by atoms with Crippen LogP contribution in [0.1, 0.15) is 32.0 Å². The van der Waals surface area contributed by atoms with Crippen LogP contribution in [-0.2, 0) is 17.1 Å². The van der Waals surface area contributed by atoms with Gasteiger partial charge >= 0.3 is 18.4 Å². The highest BCUT2D eigenvalue weighted by Crippen LogP contribution is 2.39. The fourth-order valence-corrected chi connectivity index (χ4v) is 2.21. The monoisotopic (exact) mass is 395 g/mol. The molecule has 1 amide bonds. The first-order valence-electron chi connectivity index (χ1n) is 7.52. The predicted molar refractivity (Wildman–Crippen MR) is 83.4 cm³/mol. The number of para-hydroxylation sites is 1. The minimum atomic E-state index is -5.10. The van der Waals surface area contributed by atoms with Gasteiger partial charge in [0.2, 0.25) is 0 Å². The summed E-state index contributed by atoms with van der Waals surface area (Å²) in [5.41, 5.74) is -5.50. The number of nitrogens with zero attached hydrogens (tertiary/aromatic N) is 2. The lowest BCUT2D eigenvalue weighted by atomic mass is 10.1. The van der Waals surface area contributed by atoms with Crippen molar-refractivity contribution in [2.75, 3.05) is 5.32 Å². The Kier molecular flexibility index (Phi) is 5.17. The molecule has 27 heavy (non-hydrogen) atoms. The number of amides is 1. The molecule has 0 atom stereocenters. The largest absolute Gasteiger partial charge is 0.444 e. The first-order valence-corrected chi connectivity index (χ1v) is 7.52. The maximum Gasteiger partial charge on any atom is 0.435 e. The van der Waals surface area contributed by atoms with E-state index in [4.69, 9.17) is 4.74 Å². The van der Waals surface area contributed by atoms with Crippen LogP contribution in [0.25, 0.3) is 5.69 Å². The number of alkyl halides is 6. The number of hydrogen-bond acceptors (Lipinski definition) is 3. The summed E-state index contributed by atoms with van der Waals surface area (Å²) in [7, 11) is 0. The molecule has 1 aromatic carbocycles. The molecule has 1 heterocycles. The Morgan fingerprint density at radius 3 is 2.15 bits per heavy atom. The Morgan fingerprint density at radius 1 is 1.04 bits per heavy atom. The Hall–Kier alpha value is -2.72. The Labute approximate surface area is 149 Å². The summed E-state index contributed by atoms with van der Waals surface area (Å²) in [6.45, 7) is 4.50. The van der Waals surface area contributed by atoms with Gasteiger partial charge < -0.3 is 4.74 Å². The van der Waals surface area contributed by atoms with Crippen molar-refractivity contribution < 1.29 is 35.9 Å². The Bertz CT molecular complexity index is 834. The minimum Gasteiger partial charge on any atom is -0.444 e. The number of rotatable bonds is 2. The van der Waals surface area contributed by atoms with Crippen LogP contribution in [0.2, 0.25) is 0 Å². The van der Waals surface area contributed by atoms with E-state index in [1.54, 1.807) is 0 Å². The molecule has 0 spiro atoms. The molecule has 0 aliphatic carbocycles. The number of carbonyl (C=O) groups excluding carboxylic acids is 1. The van der Waals surface area contributed by atoms with Crippen molar-refractivity contribution in [1.82, 2.24) is 9.78 Å². The van der Waals surface area contributed by atoms with Crippen LogP contribution in [0.15, 0.2) is 30.5 Å². The zero-order valence-corrected chi connectivity index (χ0v) is 14.4. The van der Waals surface area contributed by atoms with Gasteiger partial charge in [-0.3, -0.25) is 5.32 Å². The average molecular weight is 395 g/mol. The first kappa shape index (κ1) is 20.6. The van der Waals surface area contributed by atoms with Gasteiger partial charge in [-0.15, -0.1) is 0 Å². The molecule has 2 rings (SSSR count). The first-order chi connectivity index (χ1) is 12.2. The SMILES string of the molecule is CC(C)(C)OC(=O)Nc1cnn(-c2ccccc2C(F)(F)F)c1C(F)(F)F. The molecule has 11 heteroatoms. The van der Waals surface area contributed by atoms with Crippen LogP contribution >= 0.6 is 0 Å². The van der Waals surface area contributed by atoms with Crippen LogP contribution in [-0.4, -0.2) is 21.5 Å². The third-order valence-electron chi connectivity index (χ3n) is 3.11. The summed E-state index contributed by atoms with van der Waals surface area (Å²) in [6, 6.07) is 3.68. The molecule has 0 fully saturated rings. The third kappa shape index (κ3) is 4.92. The van der Waals surface area contributed by atoms with Crippen LogP contribution in [0.3, 0.4) is 0 Å². The van der Waals surface area contributed by atoms with Crippen molar-refractivity contribution >= 4 is 11.8 Å². The van der Waals surface area contributed by atoms with Crippen molar-refractivity contribution in [2.45, 2.75) is 38.7 Å². The summed E-state index contributed by atoms with van der Waals surface area (Å²) in [5.74, 6) is 0. The van der Waals surface area contributed by atoms with Crippen molar-refractivity contribution in [3.8, 4) is 5.69 Å². The molecule has 0 aliphatic rings. The molecule has 0 unspecified atom stereocenters. The van der Waals surface area contributed by atoms with Gasteiger partial charge in [0.15, 0.2) is 5.69 Å². The fraction of sp³-hybridized carbons (Fsp3) is 0.375. The smallest absolute Gasteiger partial charge is 0.435 e. The highest BCUT2D eigenvalue weighted by molar-refractivity contribution is 5.85. The standard InChI is InChI=1S/C16H15F6N3O2/c1-14(2,3)27-13(26)24-10-8-23-25(12(10)16(20,21)22)11-7-5-4-6-9(11)15(17,18)19/h4-8H,1-3H3,(H,24,26). The average Bonchev–Trinajstić information content (AvgIpc) is 2.87. The molecule has 0 bridgehead atoms. The second-order valence-electron chi connectivity index (χ2n) is 6.46. The van der Waals surface area contributed by atoms with Crippen molar-refractivity contribution in [2.24, 2.45) is 0 Å². The topological polar surface area (TPSA) is 56.1 Å². The lowest BCUT2D eigenvalue weighted by Crippen LogP contribution is -2.28. The minimum absolute atomic E-state index is 0.0928. The summed E-state index contributed by atoms with van der Waals surface area (Å²) < 4.78 is 84.9. The molecular weight excluding hydrogens is 380 g/mol. The van der Waals surface area contributed by atoms with Gasteiger partial charge in [0.25, 0.3) is 0 Å². The number of anilines is 1. The normalized spacial score (nSPS) is 12.8. The van der Waals surface area contributed by atoms with Gasteiger partial charge in [0.05, 0.1) is 23.1 Å². The van der Waals surface area contributed by atoms with Gasteiger partial charge in [0, 0.05) is 0 Å².